The van der Waals surface area contributed by atoms with E-state index in [1.54, 1.807) is 0 Å². The van der Waals surface area contributed by atoms with Gasteiger partial charge in [0.05, 0.1) is 13.2 Å². The first-order valence-electron chi connectivity index (χ1n) is 2.94. The van der Waals surface area contributed by atoms with Crippen LogP contribution in [0.5, 0.6) is 0 Å². The number of halogens is 4. The monoisotopic (exact) mass is 190 g/mol. The number of hydrogen-bond acceptors (Lipinski definition) is 2. The fourth-order valence-electron chi connectivity index (χ4n) is 0.431. The van der Waals surface area contributed by atoms with Gasteiger partial charge in [-0.05, 0) is 0 Å². The molecule has 2 atom stereocenters. The van der Waals surface area contributed by atoms with E-state index in [-0.39, 0.29) is 12.7 Å². The number of epoxide rings is 1. The SMILES string of the molecule is F[C@H](Cl)C(F)(F)OC[C@H]1CO1. The van der Waals surface area contributed by atoms with Crippen molar-refractivity contribution in [3.63, 3.8) is 0 Å². The second kappa shape index (κ2) is 3.16. The molecular weight excluding hydrogens is 184 g/mol. The molecule has 1 saturated heterocycles. The van der Waals surface area contributed by atoms with Gasteiger partial charge in [0.25, 0.3) is 5.63 Å². The minimum Gasteiger partial charge on any atom is -0.371 e. The molecule has 0 aromatic carbocycles. The second-order valence-corrected chi connectivity index (χ2v) is 2.51. The van der Waals surface area contributed by atoms with Crippen LogP contribution in [0.3, 0.4) is 0 Å². The highest BCUT2D eigenvalue weighted by Crippen LogP contribution is 2.27. The highest BCUT2D eigenvalue weighted by molar-refractivity contribution is 6.20. The topological polar surface area (TPSA) is 21.8 Å². The maximum atomic E-state index is 12.1. The van der Waals surface area contributed by atoms with E-state index in [0.717, 1.165) is 0 Å². The Hall–Kier alpha value is -0.0000000000000000416. The van der Waals surface area contributed by atoms with Crippen molar-refractivity contribution < 1.29 is 22.6 Å². The van der Waals surface area contributed by atoms with Crippen LogP contribution in [0.25, 0.3) is 0 Å². The van der Waals surface area contributed by atoms with E-state index in [0.29, 0.717) is 6.61 Å². The van der Waals surface area contributed by atoms with Crippen LogP contribution >= 0.6 is 11.6 Å². The number of alkyl halides is 4. The van der Waals surface area contributed by atoms with Crippen molar-refractivity contribution in [1.82, 2.24) is 0 Å². The van der Waals surface area contributed by atoms with Gasteiger partial charge in [0.2, 0.25) is 0 Å². The zero-order valence-corrected chi connectivity index (χ0v) is 6.15. The third-order valence-corrected chi connectivity index (χ3v) is 1.37. The Bertz CT molecular complexity index is 138. The lowest BCUT2D eigenvalue weighted by Gasteiger charge is -2.15. The third kappa shape index (κ3) is 2.84. The normalized spacial score (nSPS) is 26.7. The molecule has 0 bridgehead atoms. The largest absolute Gasteiger partial charge is 0.401 e. The molecule has 0 amide bonds. The van der Waals surface area contributed by atoms with Crippen molar-refractivity contribution in [3.8, 4) is 0 Å². The summed E-state index contributed by atoms with van der Waals surface area (Å²) in [6.07, 6.45) is -4.23. The van der Waals surface area contributed by atoms with E-state index in [1.807, 2.05) is 0 Å². The Balaban J connectivity index is 2.20. The summed E-state index contributed by atoms with van der Waals surface area (Å²) in [5, 5.41) is 0. The highest BCUT2D eigenvalue weighted by atomic mass is 35.5. The van der Waals surface area contributed by atoms with Gasteiger partial charge in [-0.1, -0.05) is 11.6 Å². The van der Waals surface area contributed by atoms with Crippen molar-refractivity contribution in [2.45, 2.75) is 17.8 Å². The molecule has 0 spiro atoms. The molecule has 1 aliphatic heterocycles. The summed E-state index contributed by atoms with van der Waals surface area (Å²) >= 11 is 4.49. The summed E-state index contributed by atoms with van der Waals surface area (Å²) in [7, 11) is 0. The lowest BCUT2D eigenvalue weighted by atomic mass is 10.5. The lowest BCUT2D eigenvalue weighted by Crippen LogP contribution is -2.30. The molecule has 0 radical (unpaired) electrons. The van der Waals surface area contributed by atoms with Gasteiger partial charge in [0.1, 0.15) is 6.10 Å². The standard InChI is InChI=1S/C5H6ClF3O2/c6-4(7)5(8,9)11-2-3-1-10-3/h3-4H,1-2H2/t3-,4+/m1/s1. The molecule has 1 fully saturated rings. The van der Waals surface area contributed by atoms with Crippen LogP contribution in [0.4, 0.5) is 13.2 Å². The van der Waals surface area contributed by atoms with E-state index < -0.39 is 11.7 Å². The molecule has 0 N–H and O–H groups in total. The lowest BCUT2D eigenvalue weighted by molar-refractivity contribution is -0.257. The van der Waals surface area contributed by atoms with Gasteiger partial charge in [0.15, 0.2) is 0 Å². The van der Waals surface area contributed by atoms with Crippen molar-refractivity contribution >= 4 is 11.6 Å². The van der Waals surface area contributed by atoms with Crippen molar-refractivity contribution in [3.05, 3.63) is 0 Å². The van der Waals surface area contributed by atoms with Gasteiger partial charge in [-0.25, -0.2) is 4.39 Å². The summed E-state index contributed by atoms with van der Waals surface area (Å²) in [6.45, 7) is 0.0649. The minimum absolute atomic E-state index is 0.319. The summed E-state index contributed by atoms with van der Waals surface area (Å²) < 4.78 is 44.5. The maximum Gasteiger partial charge on any atom is 0.401 e. The van der Waals surface area contributed by atoms with Crippen LogP contribution in [-0.4, -0.2) is 31.1 Å². The first kappa shape index (κ1) is 9.09. The molecular formula is C5H6ClF3O2. The van der Waals surface area contributed by atoms with Crippen LogP contribution in [0, 0.1) is 0 Å². The zero-order chi connectivity index (χ0) is 8.48. The second-order valence-electron chi connectivity index (χ2n) is 2.13. The van der Waals surface area contributed by atoms with Crippen LogP contribution in [0.2, 0.25) is 0 Å². The average molecular weight is 191 g/mol. The first-order valence-corrected chi connectivity index (χ1v) is 3.37. The summed E-state index contributed by atoms with van der Waals surface area (Å²) in [5.41, 5.74) is -2.80. The van der Waals surface area contributed by atoms with Crippen LogP contribution in [0.1, 0.15) is 0 Å². The molecule has 2 nitrogen and oxygen atoms in total. The number of hydrogen-bond donors (Lipinski definition) is 0. The van der Waals surface area contributed by atoms with Crippen molar-refractivity contribution in [2.75, 3.05) is 13.2 Å². The highest BCUT2D eigenvalue weighted by Gasteiger charge is 2.42. The van der Waals surface area contributed by atoms with E-state index in [2.05, 4.69) is 21.1 Å². The predicted molar refractivity (Wildman–Crippen MR) is 31.4 cm³/mol. The van der Waals surface area contributed by atoms with Gasteiger partial charge in [-0.15, -0.1) is 0 Å². The fraction of sp³-hybridized carbons (Fsp3) is 1.00. The zero-order valence-electron chi connectivity index (χ0n) is 5.40. The van der Waals surface area contributed by atoms with Gasteiger partial charge in [0, 0.05) is 0 Å². The minimum atomic E-state index is -3.91. The smallest absolute Gasteiger partial charge is 0.371 e. The Labute approximate surface area is 66.2 Å². The van der Waals surface area contributed by atoms with E-state index in [9.17, 15) is 13.2 Å². The molecule has 1 aliphatic rings. The Morgan fingerprint density at radius 1 is 1.73 bits per heavy atom. The molecule has 66 valence electrons. The predicted octanol–water partition coefficient (Wildman–Crippen LogP) is 1.53. The van der Waals surface area contributed by atoms with Crippen LogP contribution in [0.15, 0.2) is 0 Å². The Morgan fingerprint density at radius 3 is 2.64 bits per heavy atom. The Morgan fingerprint density at radius 2 is 2.27 bits per heavy atom. The third-order valence-electron chi connectivity index (χ3n) is 1.12. The molecule has 0 aromatic heterocycles. The summed E-state index contributed by atoms with van der Waals surface area (Å²) in [4.78, 5) is 0. The number of ether oxygens (including phenoxy) is 2. The molecule has 1 rings (SSSR count). The molecule has 1 heterocycles. The van der Waals surface area contributed by atoms with Crippen LogP contribution < -0.4 is 0 Å². The van der Waals surface area contributed by atoms with Crippen molar-refractivity contribution in [2.24, 2.45) is 0 Å². The fourth-order valence-corrected chi connectivity index (χ4v) is 0.494. The van der Waals surface area contributed by atoms with Gasteiger partial charge >= 0.3 is 6.11 Å². The molecule has 0 aliphatic carbocycles. The average Bonchev–Trinajstić information content (AvgIpc) is 2.65. The quantitative estimate of drug-likeness (QED) is 0.495. The van der Waals surface area contributed by atoms with Gasteiger partial charge in [-0.2, -0.15) is 8.78 Å². The molecule has 0 aromatic rings. The van der Waals surface area contributed by atoms with Gasteiger partial charge in [-0.3, -0.25) is 0 Å². The summed E-state index contributed by atoms with van der Waals surface area (Å²) in [6, 6.07) is 0. The summed E-state index contributed by atoms with van der Waals surface area (Å²) in [5.74, 6) is 0. The van der Waals surface area contributed by atoms with Crippen LogP contribution in [-0.2, 0) is 9.47 Å². The first-order chi connectivity index (χ1) is 5.02. The van der Waals surface area contributed by atoms with Crippen molar-refractivity contribution in [1.29, 1.82) is 0 Å². The number of rotatable bonds is 4. The van der Waals surface area contributed by atoms with E-state index in [4.69, 9.17) is 0 Å². The van der Waals surface area contributed by atoms with E-state index in [1.165, 1.54) is 0 Å². The Kier molecular flexibility index (Phi) is 2.61. The maximum absolute atomic E-state index is 12.1. The van der Waals surface area contributed by atoms with E-state index >= 15 is 0 Å². The molecule has 6 heteroatoms. The molecule has 0 saturated carbocycles. The van der Waals surface area contributed by atoms with Gasteiger partial charge < -0.3 is 9.47 Å². The molecule has 0 unspecified atom stereocenters. The molecule has 11 heavy (non-hydrogen) atoms.